The zero-order valence-corrected chi connectivity index (χ0v) is 17.9. The molecule has 0 unspecified atom stereocenters. The van der Waals surface area contributed by atoms with Crippen LogP contribution in [-0.4, -0.2) is 52.2 Å². The molecule has 0 spiro atoms. The van der Waals surface area contributed by atoms with Crippen LogP contribution < -0.4 is 4.74 Å². The number of pyridine rings is 1. The molecule has 1 saturated heterocycles. The molecule has 3 heterocycles. The van der Waals surface area contributed by atoms with Gasteiger partial charge in [-0.2, -0.15) is 4.98 Å². The molecule has 1 aliphatic rings. The van der Waals surface area contributed by atoms with Gasteiger partial charge in [-0.15, -0.1) is 0 Å². The van der Waals surface area contributed by atoms with E-state index in [1.807, 2.05) is 30.3 Å². The summed E-state index contributed by atoms with van der Waals surface area (Å²) in [4.78, 5) is 22.8. The van der Waals surface area contributed by atoms with E-state index in [4.69, 9.17) is 14.0 Å². The maximum atomic E-state index is 12.7. The Morgan fingerprint density at radius 2 is 2.03 bits per heavy atom. The third-order valence-electron chi connectivity index (χ3n) is 5.14. The van der Waals surface area contributed by atoms with Gasteiger partial charge in [0.2, 0.25) is 5.82 Å². The smallest absolute Gasteiger partial charge is 0.260 e. The zero-order chi connectivity index (χ0) is 21.8. The van der Waals surface area contributed by atoms with Gasteiger partial charge in [-0.1, -0.05) is 38.1 Å². The molecule has 1 fully saturated rings. The van der Waals surface area contributed by atoms with Crippen LogP contribution in [0.2, 0.25) is 0 Å². The van der Waals surface area contributed by atoms with Crippen molar-refractivity contribution in [2.75, 3.05) is 26.3 Å². The molecular formula is C23H26N4O4. The van der Waals surface area contributed by atoms with Gasteiger partial charge >= 0.3 is 0 Å². The van der Waals surface area contributed by atoms with Crippen LogP contribution in [0.15, 0.2) is 53.3 Å². The van der Waals surface area contributed by atoms with Crippen molar-refractivity contribution in [2.24, 2.45) is 0 Å². The van der Waals surface area contributed by atoms with Gasteiger partial charge in [-0.05, 0) is 35.2 Å². The first-order valence-corrected chi connectivity index (χ1v) is 10.3. The predicted octanol–water partition coefficient (Wildman–Crippen LogP) is 3.41. The van der Waals surface area contributed by atoms with Gasteiger partial charge in [-0.25, -0.2) is 0 Å². The molecule has 0 bridgehead atoms. The van der Waals surface area contributed by atoms with Crippen LogP contribution in [0.3, 0.4) is 0 Å². The van der Waals surface area contributed by atoms with Gasteiger partial charge in [-0.3, -0.25) is 9.78 Å². The van der Waals surface area contributed by atoms with Gasteiger partial charge in [0.15, 0.2) is 12.7 Å². The molecule has 3 aromatic rings. The molecule has 4 rings (SSSR count). The SMILES string of the molecule is CC(C)(C)c1ccc(OCC(=O)N2CCO[C@@H](c3nc(-c4cccnc4)no3)C2)cc1. The van der Waals surface area contributed by atoms with E-state index in [9.17, 15) is 4.79 Å². The van der Waals surface area contributed by atoms with Crippen LogP contribution in [0.5, 0.6) is 5.75 Å². The van der Waals surface area contributed by atoms with Crippen molar-refractivity contribution in [1.29, 1.82) is 0 Å². The van der Waals surface area contributed by atoms with Crippen LogP contribution in [0.25, 0.3) is 11.4 Å². The molecule has 1 atom stereocenters. The second kappa shape index (κ2) is 8.85. The molecule has 31 heavy (non-hydrogen) atoms. The molecule has 162 valence electrons. The topological polar surface area (TPSA) is 90.6 Å². The summed E-state index contributed by atoms with van der Waals surface area (Å²) in [6, 6.07) is 11.5. The summed E-state index contributed by atoms with van der Waals surface area (Å²) >= 11 is 0. The lowest BCUT2D eigenvalue weighted by Gasteiger charge is -2.31. The number of benzene rings is 1. The molecule has 1 amide bonds. The van der Waals surface area contributed by atoms with Crippen molar-refractivity contribution >= 4 is 5.91 Å². The van der Waals surface area contributed by atoms with Crippen LogP contribution in [0.4, 0.5) is 0 Å². The normalized spacial score (nSPS) is 16.9. The molecule has 0 N–H and O–H groups in total. The Hall–Kier alpha value is -3.26. The maximum absolute atomic E-state index is 12.7. The van der Waals surface area contributed by atoms with Gasteiger partial charge in [0, 0.05) is 24.5 Å². The van der Waals surface area contributed by atoms with Crippen molar-refractivity contribution in [3.8, 4) is 17.1 Å². The summed E-state index contributed by atoms with van der Waals surface area (Å²) in [5.41, 5.74) is 2.04. The number of amides is 1. The van der Waals surface area contributed by atoms with E-state index in [1.165, 1.54) is 5.56 Å². The minimum Gasteiger partial charge on any atom is -0.484 e. The summed E-state index contributed by atoms with van der Waals surface area (Å²) in [7, 11) is 0. The lowest BCUT2D eigenvalue weighted by molar-refractivity contribution is -0.142. The van der Waals surface area contributed by atoms with Gasteiger partial charge in [0.25, 0.3) is 11.8 Å². The zero-order valence-electron chi connectivity index (χ0n) is 17.9. The minimum atomic E-state index is -0.471. The lowest BCUT2D eigenvalue weighted by Crippen LogP contribution is -2.44. The van der Waals surface area contributed by atoms with E-state index in [-0.39, 0.29) is 17.9 Å². The highest BCUT2D eigenvalue weighted by Crippen LogP contribution is 2.25. The monoisotopic (exact) mass is 422 g/mol. The van der Waals surface area contributed by atoms with E-state index in [2.05, 4.69) is 35.9 Å². The number of hydrogen-bond acceptors (Lipinski definition) is 7. The fraction of sp³-hybridized carbons (Fsp3) is 0.391. The third kappa shape index (κ3) is 5.08. The Morgan fingerprint density at radius 3 is 2.74 bits per heavy atom. The fourth-order valence-electron chi connectivity index (χ4n) is 3.29. The molecule has 0 aliphatic carbocycles. The summed E-state index contributed by atoms with van der Waals surface area (Å²) in [6.45, 7) is 7.65. The van der Waals surface area contributed by atoms with Crippen LogP contribution in [0, 0.1) is 0 Å². The van der Waals surface area contributed by atoms with Crippen molar-refractivity contribution in [3.05, 3.63) is 60.2 Å². The molecule has 1 aliphatic heterocycles. The number of aromatic nitrogens is 3. The number of hydrogen-bond donors (Lipinski definition) is 0. The molecule has 0 saturated carbocycles. The number of nitrogens with zero attached hydrogens (tertiary/aromatic N) is 4. The van der Waals surface area contributed by atoms with E-state index >= 15 is 0 Å². The first kappa shape index (κ1) is 21.0. The van der Waals surface area contributed by atoms with Gasteiger partial charge in [0.1, 0.15) is 5.75 Å². The Labute approximate surface area is 181 Å². The fourth-order valence-corrected chi connectivity index (χ4v) is 3.29. The number of ether oxygens (including phenoxy) is 2. The van der Waals surface area contributed by atoms with Crippen LogP contribution >= 0.6 is 0 Å². The largest absolute Gasteiger partial charge is 0.484 e. The Kier molecular flexibility index (Phi) is 5.99. The highest BCUT2D eigenvalue weighted by Gasteiger charge is 2.29. The second-order valence-electron chi connectivity index (χ2n) is 8.46. The lowest BCUT2D eigenvalue weighted by atomic mass is 9.87. The van der Waals surface area contributed by atoms with E-state index in [0.29, 0.717) is 37.2 Å². The molecule has 1 aromatic carbocycles. The Balaban J connectivity index is 1.34. The molecule has 2 aromatic heterocycles. The highest BCUT2D eigenvalue weighted by molar-refractivity contribution is 5.78. The highest BCUT2D eigenvalue weighted by atomic mass is 16.5. The summed E-state index contributed by atoms with van der Waals surface area (Å²) in [5, 5.41) is 4.00. The average molecular weight is 422 g/mol. The molecular weight excluding hydrogens is 396 g/mol. The Morgan fingerprint density at radius 1 is 1.23 bits per heavy atom. The first-order valence-electron chi connectivity index (χ1n) is 10.3. The van der Waals surface area contributed by atoms with E-state index in [1.54, 1.807) is 23.4 Å². The maximum Gasteiger partial charge on any atom is 0.260 e. The molecule has 8 heteroatoms. The summed E-state index contributed by atoms with van der Waals surface area (Å²) in [6.07, 6.45) is 2.87. The number of morpholine rings is 1. The quantitative estimate of drug-likeness (QED) is 0.622. The minimum absolute atomic E-state index is 0.0354. The number of rotatable bonds is 5. The van der Waals surface area contributed by atoms with E-state index in [0.717, 1.165) is 5.56 Å². The first-order chi connectivity index (χ1) is 14.9. The molecule has 0 radical (unpaired) electrons. The van der Waals surface area contributed by atoms with Crippen molar-refractivity contribution in [3.63, 3.8) is 0 Å². The number of carbonyl (C=O) groups is 1. The molecule has 8 nitrogen and oxygen atoms in total. The van der Waals surface area contributed by atoms with Crippen LogP contribution in [0.1, 0.15) is 38.3 Å². The predicted molar refractivity (Wildman–Crippen MR) is 113 cm³/mol. The van der Waals surface area contributed by atoms with Crippen molar-refractivity contribution in [1.82, 2.24) is 20.0 Å². The summed E-state index contributed by atoms with van der Waals surface area (Å²) < 4.78 is 16.8. The van der Waals surface area contributed by atoms with Gasteiger partial charge < -0.3 is 18.9 Å². The van der Waals surface area contributed by atoms with Crippen LogP contribution in [-0.2, 0) is 14.9 Å². The average Bonchev–Trinajstić information content (AvgIpc) is 3.28. The standard InChI is InChI=1S/C23H26N4O4/c1-23(2,3)17-6-8-18(9-7-17)30-15-20(28)27-11-12-29-19(14-27)22-25-21(26-31-22)16-5-4-10-24-13-16/h4-10,13,19H,11-12,14-15H2,1-3H3/t19-/m1/s1. The van der Waals surface area contributed by atoms with Crippen molar-refractivity contribution < 1.29 is 18.8 Å². The van der Waals surface area contributed by atoms with Crippen molar-refractivity contribution in [2.45, 2.75) is 32.3 Å². The summed E-state index contributed by atoms with van der Waals surface area (Å²) in [5.74, 6) is 1.34. The second-order valence-corrected chi connectivity index (χ2v) is 8.46. The van der Waals surface area contributed by atoms with Gasteiger partial charge in [0.05, 0.1) is 13.2 Å². The van der Waals surface area contributed by atoms with E-state index < -0.39 is 6.10 Å². The third-order valence-corrected chi connectivity index (χ3v) is 5.14. The number of carbonyl (C=O) groups excluding carboxylic acids is 1. The Bertz CT molecular complexity index is 1010.